The lowest BCUT2D eigenvalue weighted by atomic mass is 10.1. The molecule has 28 heavy (non-hydrogen) atoms. The van der Waals surface area contributed by atoms with Gasteiger partial charge >= 0.3 is 0 Å². The van der Waals surface area contributed by atoms with Gasteiger partial charge in [0.2, 0.25) is 0 Å². The first kappa shape index (κ1) is 17.7. The number of nitrogens with one attached hydrogen (secondary N) is 1. The van der Waals surface area contributed by atoms with Gasteiger partial charge in [-0.2, -0.15) is 0 Å². The number of carbonyl (C=O) groups excluding carboxylic acids is 1. The number of hydrogen-bond acceptors (Lipinski definition) is 3. The van der Waals surface area contributed by atoms with Gasteiger partial charge in [-0.25, -0.2) is 4.68 Å². The Bertz CT molecular complexity index is 1120. The highest BCUT2D eigenvalue weighted by Crippen LogP contribution is 2.22. The smallest absolute Gasteiger partial charge is 0.278 e. The average Bonchev–Trinajstić information content (AvgIpc) is 3.11. The van der Waals surface area contributed by atoms with E-state index in [1.54, 1.807) is 4.68 Å². The summed E-state index contributed by atoms with van der Waals surface area (Å²) in [6, 6.07) is 25.7. The van der Waals surface area contributed by atoms with Gasteiger partial charge in [-0.15, -0.1) is 5.10 Å². The molecule has 0 saturated carbocycles. The van der Waals surface area contributed by atoms with Gasteiger partial charge < -0.3 is 5.32 Å². The van der Waals surface area contributed by atoms with Gasteiger partial charge in [-0.05, 0) is 48.7 Å². The van der Waals surface area contributed by atoms with Crippen molar-refractivity contribution in [3.8, 4) is 16.8 Å². The lowest BCUT2D eigenvalue weighted by Gasteiger charge is -2.08. The molecule has 0 atom stereocenters. The second-order valence-corrected chi connectivity index (χ2v) is 6.62. The molecule has 5 nitrogen and oxygen atoms in total. The van der Waals surface area contributed by atoms with Crippen LogP contribution >= 0.6 is 0 Å². The fraction of sp³-hybridized carbons (Fsp3) is 0.0870. The summed E-state index contributed by atoms with van der Waals surface area (Å²) >= 11 is 0. The molecule has 0 radical (unpaired) electrons. The third-order valence-corrected chi connectivity index (χ3v) is 4.70. The lowest BCUT2D eigenvalue weighted by molar-refractivity contribution is 0.102. The van der Waals surface area contributed by atoms with Crippen LogP contribution in [0.25, 0.3) is 16.8 Å². The Morgan fingerprint density at radius 2 is 1.46 bits per heavy atom. The quantitative estimate of drug-likeness (QED) is 0.563. The fourth-order valence-corrected chi connectivity index (χ4v) is 3.14. The molecule has 0 aliphatic rings. The Labute approximate surface area is 163 Å². The standard InChI is InChI=1S/C23H20N4O/c1-16-8-6-7-11-21(16)27-17(2)22(25-26-27)23(28)24-20-14-12-19(13-15-20)18-9-4-3-5-10-18/h3-15H,1-2H3,(H,24,28). The van der Waals surface area contributed by atoms with Crippen LogP contribution in [0.15, 0.2) is 78.9 Å². The number of rotatable bonds is 4. The minimum Gasteiger partial charge on any atom is -0.321 e. The number of aryl methyl sites for hydroxylation is 1. The predicted molar refractivity (Wildman–Crippen MR) is 111 cm³/mol. The number of aromatic nitrogens is 3. The summed E-state index contributed by atoms with van der Waals surface area (Å²) < 4.78 is 1.70. The molecule has 3 aromatic carbocycles. The summed E-state index contributed by atoms with van der Waals surface area (Å²) in [6.45, 7) is 3.85. The first-order chi connectivity index (χ1) is 13.6. The Balaban J connectivity index is 1.54. The van der Waals surface area contributed by atoms with E-state index in [9.17, 15) is 4.79 Å². The zero-order chi connectivity index (χ0) is 19.5. The van der Waals surface area contributed by atoms with Gasteiger partial charge in [-0.3, -0.25) is 4.79 Å². The molecule has 1 heterocycles. The van der Waals surface area contributed by atoms with E-state index in [0.717, 1.165) is 28.1 Å². The number of nitrogens with zero attached hydrogens (tertiary/aromatic N) is 3. The zero-order valence-electron chi connectivity index (χ0n) is 15.8. The van der Waals surface area contributed by atoms with Crippen molar-refractivity contribution in [2.24, 2.45) is 0 Å². The molecule has 1 aromatic heterocycles. The van der Waals surface area contributed by atoms with E-state index in [0.29, 0.717) is 11.4 Å². The molecule has 0 aliphatic heterocycles. The molecular weight excluding hydrogens is 348 g/mol. The van der Waals surface area contributed by atoms with Crippen LogP contribution < -0.4 is 5.32 Å². The molecule has 0 saturated heterocycles. The van der Waals surface area contributed by atoms with Crippen molar-refractivity contribution < 1.29 is 4.79 Å². The summed E-state index contributed by atoms with van der Waals surface area (Å²) in [5.74, 6) is -0.273. The van der Waals surface area contributed by atoms with Crippen LogP contribution in [0.3, 0.4) is 0 Å². The van der Waals surface area contributed by atoms with Crippen molar-refractivity contribution in [1.29, 1.82) is 0 Å². The number of anilines is 1. The molecule has 1 N–H and O–H groups in total. The highest BCUT2D eigenvalue weighted by Gasteiger charge is 2.18. The second kappa shape index (κ2) is 7.48. The van der Waals surface area contributed by atoms with Crippen molar-refractivity contribution in [1.82, 2.24) is 15.0 Å². The number of para-hydroxylation sites is 1. The molecule has 0 unspecified atom stereocenters. The van der Waals surface area contributed by atoms with E-state index in [4.69, 9.17) is 0 Å². The normalized spacial score (nSPS) is 10.6. The fourth-order valence-electron chi connectivity index (χ4n) is 3.14. The third-order valence-electron chi connectivity index (χ3n) is 4.70. The number of carbonyl (C=O) groups is 1. The predicted octanol–water partition coefficient (Wildman–Crippen LogP) is 4.80. The molecule has 5 heteroatoms. The molecule has 0 bridgehead atoms. The number of amides is 1. The topological polar surface area (TPSA) is 59.8 Å². The summed E-state index contributed by atoms with van der Waals surface area (Å²) in [5.41, 5.74) is 5.95. The third kappa shape index (κ3) is 3.42. The Morgan fingerprint density at radius 1 is 0.821 bits per heavy atom. The van der Waals surface area contributed by atoms with Crippen LogP contribution in [0.2, 0.25) is 0 Å². The molecule has 0 aliphatic carbocycles. The molecule has 0 fully saturated rings. The van der Waals surface area contributed by atoms with Crippen molar-refractivity contribution in [3.05, 3.63) is 95.8 Å². The molecule has 4 aromatic rings. The van der Waals surface area contributed by atoms with Gasteiger partial charge in [0.25, 0.3) is 5.91 Å². The van der Waals surface area contributed by atoms with Crippen LogP contribution in [0.4, 0.5) is 5.69 Å². The summed E-state index contributed by atoms with van der Waals surface area (Å²) in [5, 5.41) is 11.2. The van der Waals surface area contributed by atoms with Gasteiger partial charge in [-0.1, -0.05) is 65.9 Å². The van der Waals surface area contributed by atoms with E-state index in [-0.39, 0.29) is 5.91 Å². The van der Waals surface area contributed by atoms with E-state index in [2.05, 4.69) is 27.8 Å². The first-order valence-corrected chi connectivity index (χ1v) is 9.08. The molecule has 4 rings (SSSR count). The minimum absolute atomic E-state index is 0.273. The molecule has 1 amide bonds. The van der Waals surface area contributed by atoms with E-state index < -0.39 is 0 Å². The maximum atomic E-state index is 12.7. The maximum absolute atomic E-state index is 12.7. The summed E-state index contributed by atoms with van der Waals surface area (Å²) in [6.07, 6.45) is 0. The van der Waals surface area contributed by atoms with Crippen molar-refractivity contribution in [2.75, 3.05) is 5.32 Å². The van der Waals surface area contributed by atoms with Crippen LogP contribution in [0, 0.1) is 13.8 Å². The molecule has 138 valence electrons. The molecule has 0 spiro atoms. The largest absolute Gasteiger partial charge is 0.321 e. The van der Waals surface area contributed by atoms with Gasteiger partial charge in [0, 0.05) is 5.69 Å². The van der Waals surface area contributed by atoms with Crippen molar-refractivity contribution in [3.63, 3.8) is 0 Å². The summed E-state index contributed by atoms with van der Waals surface area (Å²) in [4.78, 5) is 12.7. The van der Waals surface area contributed by atoms with Crippen LogP contribution in [0.1, 0.15) is 21.7 Å². The minimum atomic E-state index is -0.273. The Hall–Kier alpha value is -3.73. The van der Waals surface area contributed by atoms with E-state index in [1.165, 1.54) is 0 Å². The second-order valence-electron chi connectivity index (χ2n) is 6.62. The summed E-state index contributed by atoms with van der Waals surface area (Å²) in [7, 11) is 0. The highest BCUT2D eigenvalue weighted by molar-refractivity contribution is 6.03. The highest BCUT2D eigenvalue weighted by atomic mass is 16.2. The van der Waals surface area contributed by atoms with Crippen molar-refractivity contribution in [2.45, 2.75) is 13.8 Å². The van der Waals surface area contributed by atoms with Crippen LogP contribution in [-0.4, -0.2) is 20.9 Å². The van der Waals surface area contributed by atoms with Crippen LogP contribution in [-0.2, 0) is 0 Å². The van der Waals surface area contributed by atoms with Crippen LogP contribution in [0.5, 0.6) is 0 Å². The van der Waals surface area contributed by atoms with E-state index >= 15 is 0 Å². The first-order valence-electron chi connectivity index (χ1n) is 9.08. The lowest BCUT2D eigenvalue weighted by Crippen LogP contribution is -2.14. The zero-order valence-corrected chi connectivity index (χ0v) is 15.8. The molecular formula is C23H20N4O. The van der Waals surface area contributed by atoms with E-state index in [1.807, 2.05) is 80.6 Å². The Kier molecular flexibility index (Phi) is 4.72. The van der Waals surface area contributed by atoms with Crippen molar-refractivity contribution >= 4 is 11.6 Å². The average molecular weight is 368 g/mol. The van der Waals surface area contributed by atoms with Gasteiger partial charge in [0.05, 0.1) is 11.4 Å². The number of hydrogen-bond donors (Lipinski definition) is 1. The monoisotopic (exact) mass is 368 g/mol. The maximum Gasteiger partial charge on any atom is 0.278 e. The van der Waals surface area contributed by atoms with Gasteiger partial charge in [0.15, 0.2) is 5.69 Å². The SMILES string of the molecule is Cc1ccccc1-n1nnc(C(=O)Nc2ccc(-c3ccccc3)cc2)c1C. The van der Waals surface area contributed by atoms with Gasteiger partial charge in [0.1, 0.15) is 0 Å². The Morgan fingerprint density at radius 3 is 2.18 bits per heavy atom. The number of benzene rings is 3.